The third-order valence-corrected chi connectivity index (χ3v) is 21.9. The van der Waals surface area contributed by atoms with Crippen LogP contribution in [0.4, 0.5) is 0 Å². The van der Waals surface area contributed by atoms with Crippen molar-refractivity contribution in [3.05, 3.63) is 48.6 Å². The molecule has 0 bridgehead atoms. The van der Waals surface area contributed by atoms with E-state index in [0.29, 0.717) is 5.04 Å². The van der Waals surface area contributed by atoms with Crippen LogP contribution in [-0.2, 0) is 0 Å². The molecule has 0 aromatic heterocycles. The molecule has 2 unspecified atom stereocenters. The Morgan fingerprint density at radius 2 is 0.726 bits per heavy atom. The lowest BCUT2D eigenvalue weighted by Crippen LogP contribution is -2.35. The molecule has 0 fully saturated rings. The SMILES string of the molecule is CC(C)(C)[Si](C)(C)C#C/C=C\CCCCCCCCCCCCCC/C=C\CCCC/C=C\CCCCC#CC(O)C#CCCCCCC/C=C/C(O)C#C[Si](C)(C)C(C)(C)C. The monoisotopic (exact) mass is 883 g/mol. The molecule has 62 heavy (non-hydrogen) atoms. The van der Waals surface area contributed by atoms with Crippen LogP contribution >= 0.6 is 0 Å². The van der Waals surface area contributed by atoms with Crippen LogP contribution in [0.25, 0.3) is 0 Å². The number of hydrogen-bond donors (Lipinski definition) is 2. The lowest BCUT2D eigenvalue weighted by molar-refractivity contribution is 0.280. The molecule has 2 N–H and O–H groups in total. The summed E-state index contributed by atoms with van der Waals surface area (Å²) in [6, 6.07) is 0. The maximum atomic E-state index is 10.2. The van der Waals surface area contributed by atoms with Crippen molar-refractivity contribution in [1.82, 2.24) is 0 Å². The maximum Gasteiger partial charge on any atom is 0.176 e. The van der Waals surface area contributed by atoms with Crippen LogP contribution in [0, 0.1) is 46.6 Å². The van der Waals surface area contributed by atoms with Gasteiger partial charge in [-0.3, -0.25) is 0 Å². The third-order valence-electron chi connectivity index (χ3n) is 12.8. The standard InChI is InChI=1S/C58H98O2Si2/c1-57(2,3)61(7,8)53-48-44-40-36-32-30-28-26-24-22-20-18-16-14-12-11-13-15-17-19-21-23-25-27-29-31-33-37-41-45-49-55(59)50-46-42-38-34-35-39-43-47-51-56(60)52-54-62(9,10)58(4,5)6/h15,17,27,29,40,44,47,51,55-56,59-60H,11-14,16,18-26,28,30-39,41-43H2,1-10H3/b17-15-,29-27-,44-40-,51-47+. The molecule has 0 aliphatic rings. The van der Waals surface area contributed by atoms with E-state index in [0.717, 1.165) is 64.2 Å². The molecule has 0 aromatic rings. The molecule has 0 aliphatic heterocycles. The predicted molar refractivity (Wildman–Crippen MR) is 283 cm³/mol. The highest BCUT2D eigenvalue weighted by molar-refractivity contribution is 6.88. The van der Waals surface area contributed by atoms with Crippen LogP contribution in [0.1, 0.15) is 221 Å². The molecular weight excluding hydrogens is 785 g/mol. The molecular formula is C58H98O2Si2. The van der Waals surface area contributed by atoms with Gasteiger partial charge in [-0.2, -0.15) is 0 Å². The summed E-state index contributed by atoms with van der Waals surface area (Å²) in [4.78, 5) is 0. The van der Waals surface area contributed by atoms with Crippen molar-refractivity contribution in [2.24, 2.45) is 0 Å². The topological polar surface area (TPSA) is 40.5 Å². The summed E-state index contributed by atoms with van der Waals surface area (Å²) in [5.41, 5.74) is 6.95. The highest BCUT2D eigenvalue weighted by atomic mass is 28.3. The smallest absolute Gasteiger partial charge is 0.176 e. The fourth-order valence-corrected chi connectivity index (χ4v) is 7.94. The van der Waals surface area contributed by atoms with Gasteiger partial charge < -0.3 is 10.2 Å². The summed E-state index contributed by atoms with van der Waals surface area (Å²) in [7, 11) is -3.14. The normalized spacial score (nSPS) is 13.4. The van der Waals surface area contributed by atoms with Gasteiger partial charge in [0, 0.05) is 12.8 Å². The van der Waals surface area contributed by atoms with E-state index in [1.807, 2.05) is 6.08 Å². The molecule has 0 aliphatic carbocycles. The molecule has 0 saturated carbocycles. The van der Waals surface area contributed by atoms with E-state index in [2.05, 4.69) is 157 Å². The second-order valence-electron chi connectivity index (χ2n) is 20.9. The zero-order valence-corrected chi connectivity index (χ0v) is 44.5. The van der Waals surface area contributed by atoms with E-state index in [1.165, 1.54) is 116 Å². The van der Waals surface area contributed by atoms with E-state index in [4.69, 9.17) is 0 Å². The molecule has 0 radical (unpaired) electrons. The minimum atomic E-state index is -1.68. The van der Waals surface area contributed by atoms with Gasteiger partial charge in [-0.05, 0) is 112 Å². The average molecular weight is 884 g/mol. The lowest BCUT2D eigenvalue weighted by Gasteiger charge is -2.31. The predicted octanol–water partition coefficient (Wildman–Crippen LogP) is 17.0. The first kappa shape index (κ1) is 59.6. The van der Waals surface area contributed by atoms with E-state index >= 15 is 0 Å². The Kier molecular flexibility index (Phi) is 36.4. The largest absolute Gasteiger partial charge is 0.377 e. The molecule has 0 spiro atoms. The van der Waals surface area contributed by atoms with Gasteiger partial charge in [0.15, 0.2) is 6.10 Å². The molecule has 0 aromatic carbocycles. The molecule has 0 saturated heterocycles. The zero-order valence-electron chi connectivity index (χ0n) is 42.5. The number of aliphatic hydroxyl groups excluding tert-OH is 2. The highest BCUT2D eigenvalue weighted by Crippen LogP contribution is 2.36. The number of aliphatic hydroxyl groups is 2. The first-order valence-electron chi connectivity index (χ1n) is 25.5. The summed E-state index contributed by atoms with van der Waals surface area (Å²) in [5, 5.41) is 20.8. The molecule has 2 nitrogen and oxygen atoms in total. The fraction of sp³-hybridized carbons (Fsp3) is 0.724. The minimum absolute atomic E-state index is 0.206. The van der Waals surface area contributed by atoms with Crippen LogP contribution in [0.15, 0.2) is 48.6 Å². The minimum Gasteiger partial charge on any atom is -0.377 e. The quantitative estimate of drug-likeness (QED) is 0.0315. The highest BCUT2D eigenvalue weighted by Gasteiger charge is 2.34. The number of hydrogen-bond acceptors (Lipinski definition) is 2. The van der Waals surface area contributed by atoms with Crippen molar-refractivity contribution in [3.8, 4) is 46.6 Å². The van der Waals surface area contributed by atoms with Crippen molar-refractivity contribution in [2.75, 3.05) is 0 Å². The summed E-state index contributed by atoms with van der Waals surface area (Å²) >= 11 is 0. The Morgan fingerprint density at radius 3 is 1.16 bits per heavy atom. The first-order chi connectivity index (χ1) is 29.5. The van der Waals surface area contributed by atoms with E-state index in [9.17, 15) is 10.2 Å². The Labute approximate surface area is 389 Å². The molecule has 0 heterocycles. The van der Waals surface area contributed by atoms with Gasteiger partial charge in [0.2, 0.25) is 0 Å². The average Bonchev–Trinajstić information content (AvgIpc) is 3.20. The molecule has 0 amide bonds. The Hall–Kier alpha value is -2.45. The van der Waals surface area contributed by atoms with E-state index in [1.54, 1.807) is 0 Å². The summed E-state index contributed by atoms with van der Waals surface area (Å²) < 4.78 is 0. The van der Waals surface area contributed by atoms with Crippen molar-refractivity contribution in [2.45, 2.75) is 270 Å². The van der Waals surface area contributed by atoms with Gasteiger partial charge in [0.1, 0.15) is 22.3 Å². The van der Waals surface area contributed by atoms with Gasteiger partial charge in [-0.1, -0.05) is 217 Å². The van der Waals surface area contributed by atoms with Gasteiger partial charge in [0.25, 0.3) is 0 Å². The Morgan fingerprint density at radius 1 is 0.403 bits per heavy atom. The summed E-state index contributed by atoms with van der Waals surface area (Å²) in [6.07, 6.45) is 50.7. The molecule has 350 valence electrons. The summed E-state index contributed by atoms with van der Waals surface area (Å²) in [6.45, 7) is 23.0. The lowest BCUT2D eigenvalue weighted by atomic mass is 10.0. The maximum absolute atomic E-state index is 10.2. The van der Waals surface area contributed by atoms with E-state index in [-0.39, 0.29) is 5.04 Å². The Bertz CT molecular complexity index is 1480. The van der Waals surface area contributed by atoms with Crippen molar-refractivity contribution in [1.29, 1.82) is 0 Å². The zero-order chi connectivity index (χ0) is 46.3. The van der Waals surface area contributed by atoms with Gasteiger partial charge >= 0.3 is 0 Å². The number of rotatable bonds is 31. The second-order valence-corrected chi connectivity index (χ2v) is 30.9. The fourth-order valence-electron chi connectivity index (χ4n) is 6.23. The van der Waals surface area contributed by atoms with Crippen molar-refractivity contribution < 1.29 is 10.2 Å². The molecule has 2 atom stereocenters. The van der Waals surface area contributed by atoms with Crippen LogP contribution in [0.3, 0.4) is 0 Å². The molecule has 0 rings (SSSR count). The van der Waals surface area contributed by atoms with Crippen LogP contribution in [0.2, 0.25) is 36.3 Å². The van der Waals surface area contributed by atoms with Gasteiger partial charge in [-0.15, -0.1) is 11.1 Å². The second kappa shape index (κ2) is 37.9. The molecule has 4 heteroatoms. The number of unbranched alkanes of at least 4 members (excludes halogenated alkanes) is 24. The van der Waals surface area contributed by atoms with Crippen LogP contribution < -0.4 is 0 Å². The van der Waals surface area contributed by atoms with Crippen molar-refractivity contribution >= 4 is 16.1 Å². The van der Waals surface area contributed by atoms with Gasteiger partial charge in [0.05, 0.1) is 0 Å². The number of allylic oxidation sites excluding steroid dienone is 7. The summed E-state index contributed by atoms with van der Waals surface area (Å²) in [5.74, 6) is 18.3. The van der Waals surface area contributed by atoms with Gasteiger partial charge in [-0.25, -0.2) is 0 Å². The van der Waals surface area contributed by atoms with Crippen LogP contribution in [-0.4, -0.2) is 38.6 Å². The van der Waals surface area contributed by atoms with Crippen LogP contribution in [0.5, 0.6) is 0 Å². The first-order valence-corrected chi connectivity index (χ1v) is 31.5. The Balaban J connectivity index is 3.57. The van der Waals surface area contributed by atoms with Crippen molar-refractivity contribution in [3.63, 3.8) is 0 Å². The van der Waals surface area contributed by atoms with E-state index < -0.39 is 28.4 Å². The third kappa shape index (κ3) is 37.0.